The molecule has 3 nitrogen and oxygen atoms in total. The van der Waals surface area contributed by atoms with Crippen molar-refractivity contribution in [1.29, 1.82) is 0 Å². The Labute approximate surface area is 124 Å². The molecule has 1 unspecified atom stereocenters. The SMILES string of the molecule is Cc1ccsc1C(CN)N(CCO)Cc1ccccc1. The van der Waals surface area contributed by atoms with Gasteiger partial charge in [-0.3, -0.25) is 4.90 Å². The third kappa shape index (κ3) is 3.67. The fourth-order valence-corrected chi connectivity index (χ4v) is 3.51. The normalized spacial score (nSPS) is 12.8. The highest BCUT2D eigenvalue weighted by Crippen LogP contribution is 2.29. The lowest BCUT2D eigenvalue weighted by molar-refractivity contribution is 0.147. The Hall–Kier alpha value is -1.20. The van der Waals surface area contributed by atoms with Gasteiger partial charge in [-0.05, 0) is 29.5 Å². The van der Waals surface area contributed by atoms with E-state index in [0.29, 0.717) is 13.1 Å². The van der Waals surface area contributed by atoms with E-state index in [1.54, 1.807) is 11.3 Å². The first-order chi connectivity index (χ1) is 9.76. The number of aliphatic hydroxyl groups is 1. The van der Waals surface area contributed by atoms with Crippen LogP contribution in [0.4, 0.5) is 0 Å². The molecular formula is C16H22N2OS. The summed E-state index contributed by atoms with van der Waals surface area (Å²) >= 11 is 1.74. The lowest BCUT2D eigenvalue weighted by atomic mass is 10.1. The van der Waals surface area contributed by atoms with E-state index in [-0.39, 0.29) is 12.6 Å². The van der Waals surface area contributed by atoms with Gasteiger partial charge in [0.15, 0.2) is 0 Å². The Bertz CT molecular complexity index is 512. The lowest BCUT2D eigenvalue weighted by Gasteiger charge is -2.30. The van der Waals surface area contributed by atoms with Crippen LogP contribution in [0.2, 0.25) is 0 Å². The van der Waals surface area contributed by atoms with Crippen LogP contribution in [0.15, 0.2) is 41.8 Å². The van der Waals surface area contributed by atoms with Crippen LogP contribution in [0.5, 0.6) is 0 Å². The second-order valence-corrected chi connectivity index (χ2v) is 5.85. The Morgan fingerprint density at radius 2 is 2.00 bits per heavy atom. The van der Waals surface area contributed by atoms with Crippen molar-refractivity contribution in [1.82, 2.24) is 4.90 Å². The number of aliphatic hydroxyl groups excluding tert-OH is 1. The monoisotopic (exact) mass is 290 g/mol. The van der Waals surface area contributed by atoms with Crippen molar-refractivity contribution in [2.45, 2.75) is 19.5 Å². The van der Waals surface area contributed by atoms with Gasteiger partial charge in [0.2, 0.25) is 0 Å². The number of hydrogen-bond donors (Lipinski definition) is 2. The average molecular weight is 290 g/mol. The molecule has 0 bridgehead atoms. The maximum Gasteiger partial charge on any atom is 0.0570 e. The van der Waals surface area contributed by atoms with Gasteiger partial charge in [-0.15, -0.1) is 11.3 Å². The molecule has 0 saturated heterocycles. The van der Waals surface area contributed by atoms with Crippen molar-refractivity contribution in [2.24, 2.45) is 5.73 Å². The van der Waals surface area contributed by atoms with Crippen LogP contribution in [-0.4, -0.2) is 29.7 Å². The van der Waals surface area contributed by atoms with E-state index < -0.39 is 0 Å². The molecule has 0 aliphatic carbocycles. The highest BCUT2D eigenvalue weighted by atomic mass is 32.1. The van der Waals surface area contributed by atoms with Crippen molar-refractivity contribution in [2.75, 3.05) is 19.7 Å². The van der Waals surface area contributed by atoms with Crippen LogP contribution in [0.25, 0.3) is 0 Å². The molecule has 0 fully saturated rings. The zero-order valence-corrected chi connectivity index (χ0v) is 12.6. The minimum absolute atomic E-state index is 0.147. The smallest absolute Gasteiger partial charge is 0.0570 e. The summed E-state index contributed by atoms with van der Waals surface area (Å²) in [5.41, 5.74) is 8.52. The minimum atomic E-state index is 0.147. The first-order valence-corrected chi connectivity index (χ1v) is 7.77. The molecule has 20 heavy (non-hydrogen) atoms. The topological polar surface area (TPSA) is 49.5 Å². The Balaban J connectivity index is 2.20. The maximum absolute atomic E-state index is 9.35. The summed E-state index contributed by atoms with van der Waals surface area (Å²) < 4.78 is 0. The number of hydrogen-bond acceptors (Lipinski definition) is 4. The first kappa shape index (κ1) is 15.2. The van der Waals surface area contributed by atoms with E-state index >= 15 is 0 Å². The van der Waals surface area contributed by atoms with E-state index in [0.717, 1.165) is 6.54 Å². The van der Waals surface area contributed by atoms with E-state index in [9.17, 15) is 5.11 Å². The van der Waals surface area contributed by atoms with Crippen molar-refractivity contribution in [3.8, 4) is 0 Å². The second kappa shape index (κ2) is 7.55. The number of nitrogens with zero attached hydrogens (tertiary/aromatic N) is 1. The van der Waals surface area contributed by atoms with Crippen LogP contribution in [0.3, 0.4) is 0 Å². The van der Waals surface area contributed by atoms with E-state index in [2.05, 4.69) is 35.4 Å². The van der Waals surface area contributed by atoms with Crippen LogP contribution < -0.4 is 5.73 Å². The molecule has 2 aromatic rings. The Morgan fingerprint density at radius 1 is 1.25 bits per heavy atom. The predicted octanol–water partition coefficient (Wildman–Crippen LogP) is 2.55. The van der Waals surface area contributed by atoms with Crippen LogP contribution in [0.1, 0.15) is 22.0 Å². The van der Waals surface area contributed by atoms with Gasteiger partial charge in [0.1, 0.15) is 0 Å². The summed E-state index contributed by atoms with van der Waals surface area (Å²) in [6, 6.07) is 12.6. The molecule has 2 rings (SSSR count). The van der Waals surface area contributed by atoms with Gasteiger partial charge >= 0.3 is 0 Å². The number of thiophene rings is 1. The van der Waals surface area contributed by atoms with Gasteiger partial charge in [-0.2, -0.15) is 0 Å². The average Bonchev–Trinajstić information content (AvgIpc) is 2.87. The number of aryl methyl sites for hydroxylation is 1. The summed E-state index contributed by atoms with van der Waals surface area (Å²) in [6.45, 7) is 4.27. The molecule has 0 spiro atoms. The molecule has 108 valence electrons. The van der Waals surface area contributed by atoms with Gasteiger partial charge in [0.05, 0.1) is 12.6 Å². The summed E-state index contributed by atoms with van der Waals surface area (Å²) in [5, 5.41) is 11.5. The van der Waals surface area contributed by atoms with E-state index in [1.807, 2.05) is 18.2 Å². The zero-order valence-electron chi connectivity index (χ0n) is 11.8. The third-order valence-electron chi connectivity index (χ3n) is 3.48. The molecule has 3 N–H and O–H groups in total. The molecule has 1 aromatic carbocycles. The molecule has 1 heterocycles. The van der Waals surface area contributed by atoms with Gasteiger partial charge in [0.25, 0.3) is 0 Å². The molecule has 0 saturated carbocycles. The molecule has 0 radical (unpaired) electrons. The number of nitrogens with two attached hydrogens (primary N) is 1. The molecular weight excluding hydrogens is 268 g/mol. The van der Waals surface area contributed by atoms with Gasteiger partial charge < -0.3 is 10.8 Å². The maximum atomic E-state index is 9.35. The standard InChI is InChI=1S/C16H22N2OS/c1-13-7-10-20-16(13)15(11-17)18(8-9-19)12-14-5-3-2-4-6-14/h2-7,10,15,19H,8-9,11-12,17H2,1H3. The van der Waals surface area contributed by atoms with Crippen molar-refractivity contribution < 1.29 is 5.11 Å². The quantitative estimate of drug-likeness (QED) is 0.824. The largest absolute Gasteiger partial charge is 0.395 e. The van der Waals surface area contributed by atoms with E-state index in [4.69, 9.17) is 5.73 Å². The fraction of sp³-hybridized carbons (Fsp3) is 0.375. The lowest BCUT2D eigenvalue weighted by Crippen LogP contribution is -2.35. The van der Waals surface area contributed by atoms with Gasteiger partial charge in [0, 0.05) is 24.5 Å². The third-order valence-corrected chi connectivity index (χ3v) is 4.60. The molecule has 0 aliphatic rings. The molecule has 0 aliphatic heterocycles. The summed E-state index contributed by atoms with van der Waals surface area (Å²) in [5.74, 6) is 0. The highest BCUT2D eigenvalue weighted by molar-refractivity contribution is 7.10. The van der Waals surface area contributed by atoms with Crippen LogP contribution >= 0.6 is 11.3 Å². The highest BCUT2D eigenvalue weighted by Gasteiger charge is 2.21. The fourth-order valence-electron chi connectivity index (χ4n) is 2.44. The van der Waals surface area contributed by atoms with Crippen LogP contribution in [0, 0.1) is 6.92 Å². The minimum Gasteiger partial charge on any atom is -0.395 e. The zero-order chi connectivity index (χ0) is 14.4. The predicted molar refractivity (Wildman–Crippen MR) is 84.8 cm³/mol. The van der Waals surface area contributed by atoms with Gasteiger partial charge in [-0.25, -0.2) is 0 Å². The Kier molecular flexibility index (Phi) is 5.73. The van der Waals surface area contributed by atoms with Crippen molar-refractivity contribution in [3.63, 3.8) is 0 Å². The van der Waals surface area contributed by atoms with Gasteiger partial charge in [-0.1, -0.05) is 30.3 Å². The molecule has 4 heteroatoms. The molecule has 0 amide bonds. The summed E-state index contributed by atoms with van der Waals surface area (Å²) in [4.78, 5) is 3.56. The number of benzene rings is 1. The molecule has 1 atom stereocenters. The summed E-state index contributed by atoms with van der Waals surface area (Å²) in [7, 11) is 0. The second-order valence-electron chi connectivity index (χ2n) is 4.90. The molecule has 1 aromatic heterocycles. The van der Waals surface area contributed by atoms with Crippen molar-refractivity contribution >= 4 is 11.3 Å². The first-order valence-electron chi connectivity index (χ1n) is 6.89. The van der Waals surface area contributed by atoms with Crippen molar-refractivity contribution in [3.05, 3.63) is 57.8 Å². The van der Waals surface area contributed by atoms with Crippen LogP contribution in [-0.2, 0) is 6.54 Å². The van der Waals surface area contributed by atoms with E-state index in [1.165, 1.54) is 16.0 Å². The number of rotatable bonds is 7. The summed E-state index contributed by atoms with van der Waals surface area (Å²) in [6.07, 6.45) is 0. The Morgan fingerprint density at radius 3 is 2.55 bits per heavy atom.